The van der Waals surface area contributed by atoms with Gasteiger partial charge in [0, 0.05) is 22.0 Å². The van der Waals surface area contributed by atoms with E-state index in [1.54, 1.807) is 23.6 Å². The highest BCUT2D eigenvalue weighted by Crippen LogP contribution is 2.32. The molecule has 0 unspecified atom stereocenters. The van der Waals surface area contributed by atoms with Crippen molar-refractivity contribution >= 4 is 39.5 Å². The van der Waals surface area contributed by atoms with E-state index in [1.165, 1.54) is 6.07 Å². The summed E-state index contributed by atoms with van der Waals surface area (Å²) < 4.78 is 0. The van der Waals surface area contributed by atoms with Crippen molar-refractivity contribution in [3.8, 4) is 0 Å². The lowest BCUT2D eigenvalue weighted by molar-refractivity contribution is -0.380. The van der Waals surface area contributed by atoms with Crippen LogP contribution in [0.5, 0.6) is 0 Å². The molecule has 1 aliphatic rings. The van der Waals surface area contributed by atoms with Crippen LogP contribution in [0.15, 0.2) is 29.6 Å². The average molecular weight is 310 g/mol. The lowest BCUT2D eigenvalue weighted by Gasteiger charge is -2.27. The highest BCUT2D eigenvalue weighted by molar-refractivity contribution is 7.13. The second-order valence-electron chi connectivity index (χ2n) is 4.22. The monoisotopic (exact) mass is 309 g/mol. The number of halogens is 1. The van der Waals surface area contributed by atoms with E-state index in [2.05, 4.69) is 10.6 Å². The maximum Gasteiger partial charge on any atom is 0.324 e. The molecule has 2 N–H and O–H groups in total. The fourth-order valence-electron chi connectivity index (χ4n) is 1.99. The van der Waals surface area contributed by atoms with Gasteiger partial charge in [0.25, 0.3) is 5.91 Å². The number of rotatable bonds is 2. The predicted octanol–water partition coefficient (Wildman–Crippen LogP) is 3.16. The van der Waals surface area contributed by atoms with Crippen molar-refractivity contribution in [3.05, 3.63) is 55.9 Å². The molecular weight excluding hydrogens is 302 g/mol. The van der Waals surface area contributed by atoms with Gasteiger partial charge >= 0.3 is 5.00 Å². The summed E-state index contributed by atoms with van der Waals surface area (Å²) in [5, 5.41) is 18.7. The molecule has 2 aromatic rings. The summed E-state index contributed by atoms with van der Waals surface area (Å²) in [6.45, 7) is 0. The van der Waals surface area contributed by atoms with Gasteiger partial charge in [-0.3, -0.25) is 14.9 Å². The summed E-state index contributed by atoms with van der Waals surface area (Å²) in [5.41, 5.74) is 1.75. The van der Waals surface area contributed by atoms with Gasteiger partial charge in [0.05, 0.1) is 16.2 Å². The highest BCUT2D eigenvalue weighted by atomic mass is 35.5. The number of anilines is 1. The second kappa shape index (κ2) is 4.77. The van der Waals surface area contributed by atoms with Crippen molar-refractivity contribution < 1.29 is 9.72 Å². The molecule has 0 radical (unpaired) electrons. The fourth-order valence-corrected chi connectivity index (χ4v) is 2.91. The number of nitrogens with one attached hydrogen (secondary N) is 2. The van der Waals surface area contributed by atoms with Crippen molar-refractivity contribution in [3.63, 3.8) is 0 Å². The SMILES string of the molecule is O=C1N[C@H](c2csc([N+](=O)[O-])c2)Nc2cc(Cl)ccc21. The number of carbonyl (C=O) groups is 1. The molecule has 2 heterocycles. The summed E-state index contributed by atoms with van der Waals surface area (Å²) in [5.74, 6) is -0.241. The number of hydrogen-bond donors (Lipinski definition) is 2. The van der Waals surface area contributed by atoms with Gasteiger partial charge < -0.3 is 10.6 Å². The van der Waals surface area contributed by atoms with Gasteiger partial charge in [-0.1, -0.05) is 22.9 Å². The number of carbonyl (C=O) groups excluding carboxylic acids is 1. The van der Waals surface area contributed by atoms with E-state index in [9.17, 15) is 14.9 Å². The zero-order chi connectivity index (χ0) is 14.3. The molecule has 102 valence electrons. The number of hydrogen-bond acceptors (Lipinski definition) is 5. The molecule has 0 aliphatic carbocycles. The van der Waals surface area contributed by atoms with Crippen LogP contribution in [-0.2, 0) is 0 Å². The van der Waals surface area contributed by atoms with Crippen LogP contribution in [0.25, 0.3) is 0 Å². The first-order chi connectivity index (χ1) is 9.54. The Bertz CT molecular complexity index is 716. The lowest BCUT2D eigenvalue weighted by atomic mass is 10.1. The number of benzene rings is 1. The molecule has 1 aromatic heterocycles. The molecule has 0 saturated carbocycles. The Balaban J connectivity index is 1.94. The second-order valence-corrected chi connectivity index (χ2v) is 5.54. The largest absolute Gasteiger partial charge is 0.361 e. The minimum atomic E-state index is -0.501. The minimum absolute atomic E-state index is 0.0351. The summed E-state index contributed by atoms with van der Waals surface area (Å²) in [4.78, 5) is 22.2. The molecule has 0 fully saturated rings. The van der Waals surface area contributed by atoms with Gasteiger partial charge in [-0.15, -0.1) is 0 Å². The number of fused-ring (bicyclic) bond motifs is 1. The molecule has 0 spiro atoms. The molecule has 20 heavy (non-hydrogen) atoms. The van der Waals surface area contributed by atoms with Gasteiger partial charge in [0.1, 0.15) is 6.17 Å². The van der Waals surface area contributed by atoms with E-state index in [0.717, 1.165) is 11.3 Å². The summed E-state index contributed by atoms with van der Waals surface area (Å²) in [6.07, 6.45) is -0.501. The van der Waals surface area contributed by atoms with Crippen LogP contribution in [0.2, 0.25) is 5.02 Å². The van der Waals surface area contributed by atoms with Gasteiger partial charge in [-0.2, -0.15) is 0 Å². The smallest absolute Gasteiger partial charge is 0.324 e. The van der Waals surface area contributed by atoms with E-state index in [-0.39, 0.29) is 10.9 Å². The number of thiophene rings is 1. The van der Waals surface area contributed by atoms with E-state index in [4.69, 9.17) is 11.6 Å². The van der Waals surface area contributed by atoms with Crippen molar-refractivity contribution in [2.24, 2.45) is 0 Å². The van der Waals surface area contributed by atoms with Crippen LogP contribution in [0.4, 0.5) is 10.7 Å². The first kappa shape index (κ1) is 12.9. The third-order valence-electron chi connectivity index (χ3n) is 2.92. The average Bonchev–Trinajstić information content (AvgIpc) is 2.87. The zero-order valence-electron chi connectivity index (χ0n) is 9.92. The third kappa shape index (κ3) is 2.21. The molecule has 1 amide bonds. The number of nitro groups is 1. The summed E-state index contributed by atoms with van der Waals surface area (Å²) >= 11 is 6.93. The van der Waals surface area contributed by atoms with E-state index in [1.807, 2.05) is 0 Å². The van der Waals surface area contributed by atoms with Crippen molar-refractivity contribution in [2.45, 2.75) is 6.17 Å². The first-order valence-corrected chi connectivity index (χ1v) is 6.90. The zero-order valence-corrected chi connectivity index (χ0v) is 11.5. The van der Waals surface area contributed by atoms with Gasteiger partial charge in [-0.25, -0.2) is 0 Å². The molecule has 3 rings (SSSR count). The molecule has 6 nitrogen and oxygen atoms in total. The topological polar surface area (TPSA) is 84.3 Å². The Morgan fingerprint density at radius 2 is 2.10 bits per heavy atom. The van der Waals surface area contributed by atoms with Crippen molar-refractivity contribution in [1.82, 2.24) is 5.32 Å². The molecule has 1 aromatic carbocycles. The van der Waals surface area contributed by atoms with Crippen LogP contribution in [-0.4, -0.2) is 10.8 Å². The minimum Gasteiger partial charge on any atom is -0.361 e. The molecular formula is C12H8ClN3O3S. The Morgan fingerprint density at radius 3 is 2.80 bits per heavy atom. The van der Waals surface area contributed by atoms with Crippen molar-refractivity contribution in [2.75, 3.05) is 5.32 Å². The van der Waals surface area contributed by atoms with Crippen LogP contribution < -0.4 is 10.6 Å². The highest BCUT2D eigenvalue weighted by Gasteiger charge is 2.26. The maximum absolute atomic E-state index is 12.0. The van der Waals surface area contributed by atoms with E-state index >= 15 is 0 Å². The van der Waals surface area contributed by atoms with Gasteiger partial charge in [0.2, 0.25) is 0 Å². The molecule has 1 aliphatic heterocycles. The Morgan fingerprint density at radius 1 is 1.30 bits per heavy atom. The third-order valence-corrected chi connectivity index (χ3v) is 4.05. The quantitative estimate of drug-likeness (QED) is 0.659. The van der Waals surface area contributed by atoms with Crippen molar-refractivity contribution in [1.29, 1.82) is 0 Å². The molecule has 0 bridgehead atoms. The Hall–Kier alpha value is -2.12. The predicted molar refractivity (Wildman–Crippen MR) is 76.3 cm³/mol. The fraction of sp³-hybridized carbons (Fsp3) is 0.0833. The van der Waals surface area contributed by atoms with Gasteiger partial charge in [-0.05, 0) is 18.2 Å². The molecule has 8 heteroatoms. The number of amides is 1. The summed E-state index contributed by atoms with van der Waals surface area (Å²) in [7, 11) is 0. The maximum atomic E-state index is 12.0. The first-order valence-electron chi connectivity index (χ1n) is 5.64. The van der Waals surface area contributed by atoms with E-state index < -0.39 is 11.1 Å². The lowest BCUT2D eigenvalue weighted by Crippen LogP contribution is -2.38. The Kier molecular flexibility index (Phi) is 3.07. The normalized spacial score (nSPS) is 17.1. The van der Waals surface area contributed by atoms with Crippen LogP contribution in [0.1, 0.15) is 22.1 Å². The standard InChI is InChI=1S/C12H8ClN3O3S/c13-7-1-2-8-9(4-7)14-11(15-12(8)17)6-3-10(16(18)19)20-5-6/h1-5,11,14H,(H,15,17)/t11-/m1/s1. The summed E-state index contributed by atoms with van der Waals surface area (Å²) in [6, 6.07) is 6.37. The van der Waals surface area contributed by atoms with Crippen LogP contribution in [0, 0.1) is 10.1 Å². The van der Waals surface area contributed by atoms with Crippen LogP contribution in [0.3, 0.4) is 0 Å². The molecule has 0 saturated heterocycles. The van der Waals surface area contributed by atoms with Crippen LogP contribution >= 0.6 is 22.9 Å². The van der Waals surface area contributed by atoms with E-state index in [0.29, 0.717) is 21.8 Å². The molecule has 1 atom stereocenters. The van der Waals surface area contributed by atoms with Gasteiger partial charge in [0.15, 0.2) is 0 Å². The Labute approximate surface area is 122 Å². The number of nitrogens with zero attached hydrogens (tertiary/aromatic N) is 1.